The van der Waals surface area contributed by atoms with Crippen molar-refractivity contribution < 1.29 is 67.1 Å². The van der Waals surface area contributed by atoms with E-state index in [9.17, 15) is 67.1 Å². The van der Waals surface area contributed by atoms with Crippen molar-refractivity contribution in [2.75, 3.05) is 19.6 Å². The Balaban J connectivity index is 5.32. The first-order valence-corrected chi connectivity index (χ1v) is 39.7. The van der Waals surface area contributed by atoms with Crippen molar-refractivity contribution in [3.8, 4) is 0 Å². The van der Waals surface area contributed by atoms with Crippen molar-refractivity contribution in [2.45, 2.75) is 324 Å². The van der Waals surface area contributed by atoms with Gasteiger partial charge in [-0.05, 0) is 137 Å². The predicted octanol–water partition coefficient (Wildman–Crippen LogP) is 11.7. The maximum atomic E-state index is 13.9. The maximum Gasteiger partial charge on any atom is 0.315 e. The lowest BCUT2D eigenvalue weighted by molar-refractivity contribution is -0.134. The van der Waals surface area contributed by atoms with Gasteiger partial charge in [-0.3, -0.25) is 52.7 Å². The van der Waals surface area contributed by atoms with Crippen LogP contribution in [-0.2, 0) is 52.7 Å². The standard InChI is InChI=1S/C81H146N10O14/c1-46(2)31-61(41-66(95)27-25-59(23)85-79(103)84-45-62(52(13)14)42-74(98)71(36-51(11)12)90-78(102)58(22)40-72(96)69(34-49(7)8)88-75(99)54(17)18)44-83-81(105)91-67(53(15)16)30-29-64(93)37-55(19)43-82-80(104)86-63(32-47(3)4)26-28-65(94)38-56(20)76(100)89-70(35-50(9)10)73(97)39-57(21)77(101)87-68(60(24)92)33-48(5)6/h46-59,61-63,67-71H,25-45H2,1-24H3,(H,87,101)(H,88,99)(H,89,100)(H,90,102)(H2,82,86,104)(H2,83,91,105)(H2,84,85,103)/t55-,56-,57-,58-,59+,61-,62-,63-,67-,68+,69+,70+,71+/m1/s1. The first kappa shape index (κ1) is 98.4. The second-order valence-corrected chi connectivity index (χ2v) is 34.3. The van der Waals surface area contributed by atoms with Gasteiger partial charge in [0.2, 0.25) is 23.6 Å². The van der Waals surface area contributed by atoms with E-state index in [1.54, 1.807) is 34.6 Å². The predicted molar refractivity (Wildman–Crippen MR) is 415 cm³/mol. The number of ketones is 7. The first-order chi connectivity index (χ1) is 48.7. The molecule has 0 radical (unpaired) electrons. The highest BCUT2D eigenvalue weighted by Gasteiger charge is 2.34. The number of Topliss-reactive ketones (excluding diaryl/α,β-unsaturated/α-hetero) is 7. The summed E-state index contributed by atoms with van der Waals surface area (Å²) >= 11 is 0. The Bertz CT molecular complexity index is 2750. The van der Waals surface area contributed by atoms with Crippen LogP contribution in [0.15, 0.2) is 0 Å². The topological polar surface area (TPSA) is 359 Å². The third-order valence-corrected chi connectivity index (χ3v) is 19.1. The molecule has 13 atom stereocenters. The van der Waals surface area contributed by atoms with Gasteiger partial charge in [0, 0.05) is 119 Å². The van der Waals surface area contributed by atoms with Gasteiger partial charge in [-0.25, -0.2) is 14.4 Å². The molecule has 0 aromatic heterocycles. The van der Waals surface area contributed by atoms with Gasteiger partial charge in [-0.15, -0.1) is 0 Å². The summed E-state index contributed by atoms with van der Waals surface area (Å²) in [5, 5.41) is 29.1. The fraction of sp³-hybridized carbons (Fsp3) is 0.827. The molecule has 105 heavy (non-hydrogen) atoms. The van der Waals surface area contributed by atoms with E-state index in [0.717, 1.165) is 0 Å². The highest BCUT2D eigenvalue weighted by Crippen LogP contribution is 2.23. The Kier molecular flexibility index (Phi) is 48.4. The zero-order chi connectivity index (χ0) is 80.7. The molecule has 0 aliphatic rings. The monoisotopic (exact) mass is 1480 g/mol. The molecule has 604 valence electrons. The summed E-state index contributed by atoms with van der Waals surface area (Å²) in [6.45, 7) is 45.8. The number of amides is 10. The van der Waals surface area contributed by atoms with Crippen molar-refractivity contribution in [3.63, 3.8) is 0 Å². The van der Waals surface area contributed by atoms with Crippen molar-refractivity contribution in [3.05, 3.63) is 0 Å². The zero-order valence-electron chi connectivity index (χ0n) is 69.3. The van der Waals surface area contributed by atoms with Crippen molar-refractivity contribution in [1.29, 1.82) is 0 Å². The quantitative estimate of drug-likeness (QED) is 0.0271. The van der Waals surface area contributed by atoms with E-state index in [1.807, 2.05) is 111 Å². The Morgan fingerprint density at radius 3 is 1.12 bits per heavy atom. The van der Waals surface area contributed by atoms with Crippen LogP contribution in [0.2, 0.25) is 0 Å². The minimum Gasteiger partial charge on any atom is -0.346 e. The van der Waals surface area contributed by atoms with E-state index in [0.29, 0.717) is 57.8 Å². The third-order valence-electron chi connectivity index (χ3n) is 19.1. The van der Waals surface area contributed by atoms with Crippen molar-refractivity contribution in [2.24, 2.45) is 88.8 Å². The van der Waals surface area contributed by atoms with Gasteiger partial charge < -0.3 is 53.2 Å². The van der Waals surface area contributed by atoms with Crippen LogP contribution >= 0.6 is 0 Å². The van der Waals surface area contributed by atoms with Gasteiger partial charge in [-0.1, -0.05) is 152 Å². The van der Waals surface area contributed by atoms with Crippen LogP contribution in [0.4, 0.5) is 14.4 Å². The molecular weight excluding hydrogens is 1340 g/mol. The fourth-order valence-electron chi connectivity index (χ4n) is 12.7. The third kappa shape index (κ3) is 45.6. The second kappa shape index (κ2) is 51.6. The van der Waals surface area contributed by atoms with E-state index in [4.69, 9.17) is 0 Å². The molecule has 0 aliphatic heterocycles. The summed E-state index contributed by atoms with van der Waals surface area (Å²) < 4.78 is 0. The summed E-state index contributed by atoms with van der Waals surface area (Å²) in [6.07, 6.45) is 4.84. The molecule has 10 amide bonds. The van der Waals surface area contributed by atoms with Gasteiger partial charge >= 0.3 is 18.1 Å². The smallest absolute Gasteiger partial charge is 0.315 e. The van der Waals surface area contributed by atoms with Gasteiger partial charge in [-0.2, -0.15) is 0 Å². The summed E-state index contributed by atoms with van der Waals surface area (Å²) in [5.41, 5.74) is 0. The largest absolute Gasteiger partial charge is 0.346 e. The summed E-state index contributed by atoms with van der Waals surface area (Å²) in [7, 11) is 0. The minimum absolute atomic E-state index is 0.000214. The van der Waals surface area contributed by atoms with Crippen molar-refractivity contribution in [1.82, 2.24) is 53.2 Å². The molecular formula is C81H146N10O14. The molecule has 0 aromatic carbocycles. The van der Waals surface area contributed by atoms with E-state index >= 15 is 0 Å². The second-order valence-electron chi connectivity index (χ2n) is 34.3. The van der Waals surface area contributed by atoms with Gasteiger partial charge in [0.05, 0.1) is 24.2 Å². The van der Waals surface area contributed by atoms with Crippen LogP contribution in [0.25, 0.3) is 0 Å². The molecule has 0 unspecified atom stereocenters. The van der Waals surface area contributed by atoms with Gasteiger partial charge in [0.1, 0.15) is 17.3 Å². The van der Waals surface area contributed by atoms with Crippen LogP contribution in [-0.4, -0.2) is 144 Å². The fourth-order valence-corrected chi connectivity index (χ4v) is 12.7. The van der Waals surface area contributed by atoms with Crippen LogP contribution < -0.4 is 53.2 Å². The molecule has 0 fully saturated rings. The SMILES string of the molecule is CC(=O)[C@H](CC(C)C)NC(=O)[C@H](C)CC(=O)[C@H](CC(C)C)NC(=O)[C@H](C)CC(=O)CC[C@H](CC(C)C)NC(=O)NC[C@H](C)CC(=O)CC[C@@H](NC(=O)NC[C@@H](CC(=O)CC[C@H](C)NC(=O)NC[C@@H](CC(=O)[C@H](CC(C)C)NC(=O)[C@H](C)CC(=O)[C@H](CC(C)C)NC(=O)C(C)C)C(C)C)CC(C)C)C(C)C. The Hall–Kier alpha value is -6.62. The lowest BCUT2D eigenvalue weighted by Gasteiger charge is -2.26. The average molecular weight is 1480 g/mol. The van der Waals surface area contributed by atoms with Crippen LogP contribution in [0.5, 0.6) is 0 Å². The van der Waals surface area contributed by atoms with E-state index in [1.165, 1.54) is 6.92 Å². The summed E-state index contributed by atoms with van der Waals surface area (Å²) in [5.74, 6) is -4.80. The molecule has 0 spiro atoms. The first-order valence-electron chi connectivity index (χ1n) is 39.7. The molecule has 0 aromatic rings. The number of carbonyl (C=O) groups excluding carboxylic acids is 14. The van der Waals surface area contributed by atoms with E-state index < -0.39 is 77.7 Å². The molecule has 0 heterocycles. The van der Waals surface area contributed by atoms with Crippen LogP contribution in [0.1, 0.15) is 282 Å². The number of nitrogens with one attached hydrogen (secondary N) is 10. The molecule has 0 bridgehead atoms. The highest BCUT2D eigenvalue weighted by atomic mass is 16.2. The minimum atomic E-state index is -0.860. The average Bonchev–Trinajstić information content (AvgIpc) is 0.876. The van der Waals surface area contributed by atoms with Crippen molar-refractivity contribution >= 4 is 82.2 Å². The molecule has 0 rings (SSSR count). The van der Waals surface area contributed by atoms with Gasteiger partial charge in [0.15, 0.2) is 23.1 Å². The number of rotatable bonds is 56. The number of urea groups is 3. The normalized spacial score (nSPS) is 15.5. The molecule has 10 N–H and O–H groups in total. The maximum absolute atomic E-state index is 13.9. The highest BCUT2D eigenvalue weighted by molar-refractivity contribution is 5.96. The molecule has 24 nitrogen and oxygen atoms in total. The Labute approximate surface area is 632 Å². The molecule has 0 saturated carbocycles. The molecule has 0 saturated heterocycles. The summed E-state index contributed by atoms with van der Waals surface area (Å²) in [6, 6.07) is -5.30. The van der Waals surface area contributed by atoms with Crippen LogP contribution in [0.3, 0.4) is 0 Å². The van der Waals surface area contributed by atoms with Crippen LogP contribution in [0, 0.1) is 88.8 Å². The zero-order valence-corrected chi connectivity index (χ0v) is 69.3. The Morgan fingerprint density at radius 2 is 0.676 bits per heavy atom. The molecule has 24 heteroatoms. The lowest BCUT2D eigenvalue weighted by atomic mass is 9.86. The summed E-state index contributed by atoms with van der Waals surface area (Å²) in [4.78, 5) is 186. The van der Waals surface area contributed by atoms with E-state index in [2.05, 4.69) is 67.0 Å². The van der Waals surface area contributed by atoms with E-state index in [-0.39, 0.29) is 213 Å². The number of hydrogen-bond acceptors (Lipinski definition) is 14. The lowest BCUT2D eigenvalue weighted by Crippen LogP contribution is -2.47. The van der Waals surface area contributed by atoms with Gasteiger partial charge in [0.25, 0.3) is 0 Å². The number of carbonyl (C=O) groups is 14. The number of hydrogen-bond donors (Lipinski definition) is 10. The molecule has 0 aliphatic carbocycles. The Morgan fingerprint density at radius 1 is 0.305 bits per heavy atom.